The maximum Gasteiger partial charge on any atom is 0.306 e. The van der Waals surface area contributed by atoms with E-state index < -0.39 is 11.9 Å². The smallest absolute Gasteiger partial charge is 0.306 e. The molecule has 1 aromatic carbocycles. The maximum atomic E-state index is 11.8. The van der Waals surface area contributed by atoms with E-state index in [2.05, 4.69) is 0 Å². The highest BCUT2D eigenvalue weighted by Crippen LogP contribution is 2.20. The number of aliphatic carboxylic acids is 1. The predicted molar refractivity (Wildman–Crippen MR) is 63.5 cm³/mol. The van der Waals surface area contributed by atoms with Crippen LogP contribution in [0.15, 0.2) is 18.2 Å². The van der Waals surface area contributed by atoms with Gasteiger partial charge >= 0.3 is 5.97 Å². The van der Waals surface area contributed by atoms with E-state index >= 15 is 0 Å². The Morgan fingerprint density at radius 1 is 1.41 bits per heavy atom. The number of hydrogen-bond donors (Lipinski definition) is 1. The van der Waals surface area contributed by atoms with E-state index in [1.807, 2.05) is 6.92 Å². The highest BCUT2D eigenvalue weighted by atomic mass is 16.5. The van der Waals surface area contributed by atoms with Crippen LogP contribution >= 0.6 is 0 Å². The first-order valence-corrected chi connectivity index (χ1v) is 5.36. The van der Waals surface area contributed by atoms with Gasteiger partial charge in [-0.05, 0) is 30.7 Å². The summed E-state index contributed by atoms with van der Waals surface area (Å²) in [6, 6.07) is 5.09. The predicted octanol–water partition coefficient (Wildman–Crippen LogP) is 2.30. The van der Waals surface area contributed by atoms with Crippen molar-refractivity contribution in [2.45, 2.75) is 20.3 Å². The molecule has 1 N–H and O–H groups in total. The van der Waals surface area contributed by atoms with Crippen LogP contribution in [-0.4, -0.2) is 24.0 Å². The number of carbonyl (C=O) groups is 2. The fourth-order valence-corrected chi connectivity index (χ4v) is 1.54. The van der Waals surface area contributed by atoms with Crippen LogP contribution in [0.25, 0.3) is 0 Å². The molecule has 1 atom stereocenters. The van der Waals surface area contributed by atoms with E-state index in [1.54, 1.807) is 25.3 Å². The first-order chi connectivity index (χ1) is 7.95. The van der Waals surface area contributed by atoms with Crippen LogP contribution in [0.5, 0.6) is 5.75 Å². The number of carbonyl (C=O) groups excluding carboxylic acids is 1. The fourth-order valence-electron chi connectivity index (χ4n) is 1.54. The molecule has 0 amide bonds. The van der Waals surface area contributed by atoms with Gasteiger partial charge in [-0.2, -0.15) is 0 Å². The zero-order chi connectivity index (χ0) is 13.0. The summed E-state index contributed by atoms with van der Waals surface area (Å²) in [7, 11) is 1.57. The quantitative estimate of drug-likeness (QED) is 0.797. The highest BCUT2D eigenvalue weighted by Gasteiger charge is 2.17. The number of rotatable bonds is 5. The summed E-state index contributed by atoms with van der Waals surface area (Å²) in [5.74, 6) is -1.06. The van der Waals surface area contributed by atoms with Crippen LogP contribution in [0.1, 0.15) is 29.3 Å². The van der Waals surface area contributed by atoms with Gasteiger partial charge in [0.25, 0.3) is 0 Å². The Kier molecular flexibility index (Phi) is 4.26. The van der Waals surface area contributed by atoms with Crippen molar-refractivity contribution in [2.75, 3.05) is 7.11 Å². The van der Waals surface area contributed by atoms with Crippen LogP contribution in [-0.2, 0) is 4.79 Å². The number of carboxylic acid groups (broad SMARTS) is 1. The Morgan fingerprint density at radius 3 is 2.53 bits per heavy atom. The molecule has 0 radical (unpaired) electrons. The number of methoxy groups -OCH3 is 1. The van der Waals surface area contributed by atoms with Gasteiger partial charge in [-0.3, -0.25) is 9.59 Å². The molecule has 4 nitrogen and oxygen atoms in total. The standard InChI is InChI=1S/C13H16O4/c1-8-6-10(4-5-12(8)17-3)11(14)7-9(2)13(15)16/h4-6,9H,7H2,1-3H3,(H,15,16). The van der Waals surface area contributed by atoms with Gasteiger partial charge in [0, 0.05) is 12.0 Å². The van der Waals surface area contributed by atoms with E-state index in [4.69, 9.17) is 9.84 Å². The van der Waals surface area contributed by atoms with Crippen molar-refractivity contribution in [3.63, 3.8) is 0 Å². The van der Waals surface area contributed by atoms with Crippen molar-refractivity contribution in [3.05, 3.63) is 29.3 Å². The lowest BCUT2D eigenvalue weighted by atomic mass is 9.98. The topological polar surface area (TPSA) is 63.6 Å². The largest absolute Gasteiger partial charge is 0.496 e. The lowest BCUT2D eigenvalue weighted by Crippen LogP contribution is -2.14. The highest BCUT2D eigenvalue weighted by molar-refractivity contribution is 5.98. The normalized spacial score (nSPS) is 11.9. The molecule has 92 valence electrons. The Bertz CT molecular complexity index is 437. The molecule has 1 aromatic rings. The zero-order valence-corrected chi connectivity index (χ0v) is 10.2. The Morgan fingerprint density at radius 2 is 2.06 bits per heavy atom. The van der Waals surface area contributed by atoms with E-state index in [0.717, 1.165) is 5.56 Å². The van der Waals surface area contributed by atoms with Crippen molar-refractivity contribution in [1.29, 1.82) is 0 Å². The van der Waals surface area contributed by atoms with Gasteiger partial charge in [0.2, 0.25) is 0 Å². The van der Waals surface area contributed by atoms with E-state index in [9.17, 15) is 9.59 Å². The molecular weight excluding hydrogens is 220 g/mol. The van der Waals surface area contributed by atoms with Gasteiger partial charge in [0.05, 0.1) is 13.0 Å². The van der Waals surface area contributed by atoms with Crippen LogP contribution in [0.3, 0.4) is 0 Å². The van der Waals surface area contributed by atoms with Crippen molar-refractivity contribution < 1.29 is 19.4 Å². The third-order valence-electron chi connectivity index (χ3n) is 2.63. The number of Topliss-reactive ketones (excluding diaryl/α,β-unsaturated/α-hetero) is 1. The maximum absolute atomic E-state index is 11.8. The van der Waals surface area contributed by atoms with Gasteiger partial charge in [0.1, 0.15) is 5.75 Å². The van der Waals surface area contributed by atoms with Gasteiger partial charge in [0.15, 0.2) is 5.78 Å². The molecule has 0 aliphatic carbocycles. The third kappa shape index (κ3) is 3.31. The lowest BCUT2D eigenvalue weighted by Gasteiger charge is -2.08. The van der Waals surface area contributed by atoms with Gasteiger partial charge in [-0.25, -0.2) is 0 Å². The lowest BCUT2D eigenvalue weighted by molar-refractivity contribution is -0.141. The van der Waals surface area contributed by atoms with Crippen LogP contribution < -0.4 is 4.74 Å². The summed E-state index contributed by atoms with van der Waals surface area (Å²) in [5, 5.41) is 8.74. The summed E-state index contributed by atoms with van der Waals surface area (Å²) in [6.07, 6.45) is 0.0150. The van der Waals surface area contributed by atoms with Crippen molar-refractivity contribution in [3.8, 4) is 5.75 Å². The second kappa shape index (κ2) is 5.48. The fraction of sp³-hybridized carbons (Fsp3) is 0.385. The average molecular weight is 236 g/mol. The summed E-state index contributed by atoms with van der Waals surface area (Å²) < 4.78 is 5.09. The minimum Gasteiger partial charge on any atom is -0.496 e. The summed E-state index contributed by atoms with van der Waals surface area (Å²) in [4.78, 5) is 22.5. The van der Waals surface area contributed by atoms with E-state index in [0.29, 0.717) is 11.3 Å². The second-order valence-electron chi connectivity index (χ2n) is 4.05. The molecule has 0 spiro atoms. The molecule has 0 saturated heterocycles. The molecule has 0 fully saturated rings. The first-order valence-electron chi connectivity index (χ1n) is 5.36. The van der Waals surface area contributed by atoms with E-state index in [1.165, 1.54) is 6.92 Å². The monoisotopic (exact) mass is 236 g/mol. The van der Waals surface area contributed by atoms with Crippen molar-refractivity contribution in [2.24, 2.45) is 5.92 Å². The van der Waals surface area contributed by atoms with Crippen LogP contribution in [0, 0.1) is 12.8 Å². The SMILES string of the molecule is COc1ccc(C(=O)CC(C)C(=O)O)cc1C. The Labute approximate surface area is 100 Å². The molecule has 4 heteroatoms. The first kappa shape index (κ1) is 13.2. The number of ketones is 1. The number of carboxylic acids is 1. The molecular formula is C13H16O4. The molecule has 1 rings (SSSR count). The van der Waals surface area contributed by atoms with Crippen molar-refractivity contribution >= 4 is 11.8 Å². The average Bonchev–Trinajstić information content (AvgIpc) is 2.28. The van der Waals surface area contributed by atoms with Crippen LogP contribution in [0.2, 0.25) is 0 Å². The molecule has 0 saturated carbocycles. The third-order valence-corrected chi connectivity index (χ3v) is 2.63. The molecule has 0 aromatic heterocycles. The molecule has 0 aliphatic heterocycles. The summed E-state index contributed by atoms with van der Waals surface area (Å²) >= 11 is 0. The number of ether oxygens (including phenoxy) is 1. The summed E-state index contributed by atoms with van der Waals surface area (Å²) in [5.41, 5.74) is 1.39. The summed E-state index contributed by atoms with van der Waals surface area (Å²) in [6.45, 7) is 3.37. The van der Waals surface area contributed by atoms with E-state index in [-0.39, 0.29) is 12.2 Å². The van der Waals surface area contributed by atoms with Gasteiger partial charge in [-0.15, -0.1) is 0 Å². The number of hydrogen-bond acceptors (Lipinski definition) is 3. The Balaban J connectivity index is 2.83. The molecule has 17 heavy (non-hydrogen) atoms. The minimum absolute atomic E-state index is 0.0150. The van der Waals surface area contributed by atoms with Crippen molar-refractivity contribution in [1.82, 2.24) is 0 Å². The molecule has 0 aliphatic rings. The Hall–Kier alpha value is -1.84. The second-order valence-corrected chi connectivity index (χ2v) is 4.05. The minimum atomic E-state index is -0.955. The molecule has 1 unspecified atom stereocenters. The molecule has 0 bridgehead atoms. The zero-order valence-electron chi connectivity index (χ0n) is 10.2. The number of benzene rings is 1. The van der Waals surface area contributed by atoms with Gasteiger partial charge in [-0.1, -0.05) is 6.92 Å². The number of aryl methyl sites for hydroxylation is 1. The van der Waals surface area contributed by atoms with Crippen LogP contribution in [0.4, 0.5) is 0 Å². The van der Waals surface area contributed by atoms with Gasteiger partial charge < -0.3 is 9.84 Å². The molecule has 0 heterocycles.